The van der Waals surface area contributed by atoms with Crippen LogP contribution in [-0.4, -0.2) is 36.1 Å². The number of pyridine rings is 1. The molecule has 8 heteroatoms. The Bertz CT molecular complexity index is 822. The molecule has 1 N–H and O–H groups in total. The Balaban J connectivity index is 1.67. The molecule has 5 nitrogen and oxygen atoms in total. The summed E-state index contributed by atoms with van der Waals surface area (Å²) < 4.78 is 43.6. The first-order chi connectivity index (χ1) is 13.2. The molecule has 2 heterocycles. The third-order valence-corrected chi connectivity index (χ3v) is 4.41. The van der Waals surface area contributed by atoms with Crippen LogP contribution in [0.5, 0.6) is 5.88 Å². The lowest BCUT2D eigenvalue weighted by Gasteiger charge is -2.22. The van der Waals surface area contributed by atoms with Crippen molar-refractivity contribution in [3.05, 3.63) is 53.7 Å². The second-order valence-electron chi connectivity index (χ2n) is 7.00. The number of benzene rings is 1. The lowest BCUT2D eigenvalue weighted by atomic mass is 10.1. The second-order valence-corrected chi connectivity index (χ2v) is 7.00. The summed E-state index contributed by atoms with van der Waals surface area (Å²) in [5.41, 5.74) is 0.592. The zero-order valence-corrected chi connectivity index (χ0v) is 15.7. The average molecular weight is 393 g/mol. The van der Waals surface area contributed by atoms with Crippen molar-refractivity contribution < 1.29 is 22.7 Å². The number of nitrogens with one attached hydrogen (secondary N) is 1. The maximum Gasteiger partial charge on any atom is 0.417 e. The molecule has 1 aliphatic rings. The standard InChI is InChI=1S/C20H22F3N3O2/c1-13(2)25-19(27)16-5-3-4-6-17(16)26-10-9-15(12-26)28-18-8-7-14(11-24-18)20(21,22)23/h3-8,11,13,15H,9-10,12H2,1-2H3,(H,25,27)/t15-/m1/s1. The van der Waals surface area contributed by atoms with Crippen LogP contribution < -0.4 is 15.0 Å². The SMILES string of the molecule is CC(C)NC(=O)c1ccccc1N1CC[C@@H](Oc2ccc(C(F)(F)F)cn2)C1. The van der Waals surface area contributed by atoms with E-state index in [0.29, 0.717) is 25.1 Å². The highest BCUT2D eigenvalue weighted by atomic mass is 19.4. The summed E-state index contributed by atoms with van der Waals surface area (Å²) in [4.78, 5) is 18.3. The Morgan fingerprint density at radius 1 is 1.25 bits per heavy atom. The molecular formula is C20H22F3N3O2. The number of rotatable bonds is 5. The van der Waals surface area contributed by atoms with Gasteiger partial charge in [0.05, 0.1) is 17.7 Å². The van der Waals surface area contributed by atoms with E-state index in [1.165, 1.54) is 6.07 Å². The number of hydrogen-bond acceptors (Lipinski definition) is 4. The van der Waals surface area contributed by atoms with Crippen molar-refractivity contribution in [1.82, 2.24) is 10.3 Å². The molecule has 28 heavy (non-hydrogen) atoms. The molecule has 150 valence electrons. The number of carbonyl (C=O) groups excluding carboxylic acids is 1. The van der Waals surface area contributed by atoms with Crippen molar-refractivity contribution >= 4 is 11.6 Å². The van der Waals surface area contributed by atoms with Crippen LogP contribution >= 0.6 is 0 Å². The molecule has 1 aromatic heterocycles. The quantitative estimate of drug-likeness (QED) is 0.837. The Kier molecular flexibility index (Phi) is 5.76. The molecule has 0 spiro atoms. The zero-order chi connectivity index (χ0) is 20.3. The molecule has 0 saturated carbocycles. The second kappa shape index (κ2) is 8.08. The summed E-state index contributed by atoms with van der Waals surface area (Å²) in [6.45, 7) is 5.00. The molecule has 1 aromatic carbocycles. The molecule has 2 aromatic rings. The Morgan fingerprint density at radius 3 is 2.64 bits per heavy atom. The molecule has 1 atom stereocenters. The van der Waals surface area contributed by atoms with Gasteiger partial charge >= 0.3 is 6.18 Å². The van der Waals surface area contributed by atoms with Crippen LogP contribution in [-0.2, 0) is 6.18 Å². The number of aromatic nitrogens is 1. The highest BCUT2D eigenvalue weighted by Crippen LogP contribution is 2.30. The Hall–Kier alpha value is -2.77. The highest BCUT2D eigenvalue weighted by Gasteiger charge is 2.31. The van der Waals surface area contributed by atoms with Crippen LogP contribution in [0.25, 0.3) is 0 Å². The number of halogens is 3. The van der Waals surface area contributed by atoms with Gasteiger partial charge in [0.2, 0.25) is 5.88 Å². The van der Waals surface area contributed by atoms with Gasteiger partial charge in [0.25, 0.3) is 5.91 Å². The molecule has 1 aliphatic heterocycles. The fourth-order valence-electron chi connectivity index (χ4n) is 3.11. The third-order valence-electron chi connectivity index (χ3n) is 4.41. The number of ether oxygens (including phenoxy) is 1. The van der Waals surface area contributed by atoms with Crippen molar-refractivity contribution in [2.45, 2.75) is 38.6 Å². The van der Waals surface area contributed by atoms with Crippen LogP contribution in [0, 0.1) is 0 Å². The van der Waals surface area contributed by atoms with E-state index in [0.717, 1.165) is 18.0 Å². The highest BCUT2D eigenvalue weighted by molar-refractivity contribution is 6.00. The largest absolute Gasteiger partial charge is 0.472 e. The van der Waals surface area contributed by atoms with Crippen LogP contribution in [0.2, 0.25) is 0 Å². The molecule has 0 bridgehead atoms. The van der Waals surface area contributed by atoms with E-state index < -0.39 is 11.7 Å². The monoisotopic (exact) mass is 393 g/mol. The fraction of sp³-hybridized carbons (Fsp3) is 0.400. The normalized spacial score (nSPS) is 17.1. The average Bonchev–Trinajstić information content (AvgIpc) is 3.09. The third kappa shape index (κ3) is 4.74. The topological polar surface area (TPSA) is 54.5 Å². The number of anilines is 1. The van der Waals surface area contributed by atoms with Gasteiger partial charge in [-0.05, 0) is 32.0 Å². The van der Waals surface area contributed by atoms with E-state index in [2.05, 4.69) is 10.3 Å². The van der Waals surface area contributed by atoms with Crippen LogP contribution in [0.1, 0.15) is 36.2 Å². The van der Waals surface area contributed by atoms with Crippen LogP contribution in [0.4, 0.5) is 18.9 Å². The number of carbonyl (C=O) groups is 1. The van der Waals surface area contributed by atoms with Crippen molar-refractivity contribution in [2.75, 3.05) is 18.0 Å². The number of amides is 1. The van der Waals surface area contributed by atoms with Gasteiger partial charge in [0.1, 0.15) is 6.10 Å². The van der Waals surface area contributed by atoms with Crippen molar-refractivity contribution in [2.24, 2.45) is 0 Å². The van der Waals surface area contributed by atoms with Crippen molar-refractivity contribution in [3.63, 3.8) is 0 Å². The minimum Gasteiger partial charge on any atom is -0.472 e. The van der Waals surface area contributed by atoms with Gasteiger partial charge < -0.3 is 15.0 Å². The van der Waals surface area contributed by atoms with Crippen molar-refractivity contribution in [3.8, 4) is 5.88 Å². The van der Waals surface area contributed by atoms with Crippen molar-refractivity contribution in [1.29, 1.82) is 0 Å². The smallest absolute Gasteiger partial charge is 0.417 e. The summed E-state index contributed by atoms with van der Waals surface area (Å²) in [5.74, 6) is 0.0186. The summed E-state index contributed by atoms with van der Waals surface area (Å²) in [5, 5.41) is 2.89. The van der Waals surface area contributed by atoms with E-state index in [1.54, 1.807) is 6.07 Å². The maximum absolute atomic E-state index is 12.6. The Labute approximate surface area is 161 Å². The van der Waals surface area contributed by atoms with Gasteiger partial charge in [-0.25, -0.2) is 4.98 Å². The summed E-state index contributed by atoms with van der Waals surface area (Å²) >= 11 is 0. The number of alkyl halides is 3. The first-order valence-corrected chi connectivity index (χ1v) is 9.09. The minimum atomic E-state index is -4.42. The number of nitrogens with zero attached hydrogens (tertiary/aromatic N) is 2. The van der Waals surface area contributed by atoms with E-state index in [1.807, 2.05) is 36.9 Å². The van der Waals surface area contributed by atoms with E-state index in [-0.39, 0.29) is 23.9 Å². The number of para-hydroxylation sites is 1. The zero-order valence-electron chi connectivity index (χ0n) is 15.7. The molecule has 0 unspecified atom stereocenters. The predicted molar refractivity (Wildman–Crippen MR) is 99.5 cm³/mol. The first kappa shape index (κ1) is 20.0. The molecule has 0 radical (unpaired) electrons. The molecule has 3 rings (SSSR count). The summed E-state index contributed by atoms with van der Waals surface area (Å²) in [6.07, 6.45) is -3.18. The predicted octanol–water partition coefficient (Wildman–Crippen LogP) is 3.90. The van der Waals surface area contributed by atoms with E-state index in [4.69, 9.17) is 4.74 Å². The maximum atomic E-state index is 12.6. The van der Waals surface area contributed by atoms with Gasteiger partial charge in [-0.2, -0.15) is 13.2 Å². The lowest BCUT2D eigenvalue weighted by Crippen LogP contribution is -2.32. The minimum absolute atomic E-state index is 0.0287. The van der Waals surface area contributed by atoms with Gasteiger partial charge in [0, 0.05) is 37.0 Å². The van der Waals surface area contributed by atoms with E-state index >= 15 is 0 Å². The molecule has 1 saturated heterocycles. The van der Waals surface area contributed by atoms with E-state index in [9.17, 15) is 18.0 Å². The molecule has 1 amide bonds. The number of hydrogen-bond donors (Lipinski definition) is 1. The van der Waals surface area contributed by atoms with Crippen LogP contribution in [0.3, 0.4) is 0 Å². The molecular weight excluding hydrogens is 371 g/mol. The van der Waals surface area contributed by atoms with Gasteiger partial charge in [-0.3, -0.25) is 4.79 Å². The fourth-order valence-corrected chi connectivity index (χ4v) is 3.11. The van der Waals surface area contributed by atoms with Gasteiger partial charge in [0.15, 0.2) is 0 Å². The first-order valence-electron chi connectivity index (χ1n) is 9.09. The summed E-state index contributed by atoms with van der Waals surface area (Å²) in [7, 11) is 0. The lowest BCUT2D eigenvalue weighted by molar-refractivity contribution is -0.137. The van der Waals surface area contributed by atoms with Gasteiger partial charge in [-0.15, -0.1) is 0 Å². The summed E-state index contributed by atoms with van der Waals surface area (Å²) in [6, 6.07) is 9.56. The molecule has 1 fully saturated rings. The molecule has 0 aliphatic carbocycles. The van der Waals surface area contributed by atoms with Crippen LogP contribution in [0.15, 0.2) is 42.6 Å². The Morgan fingerprint density at radius 2 is 2.00 bits per heavy atom. The van der Waals surface area contributed by atoms with Gasteiger partial charge in [-0.1, -0.05) is 12.1 Å².